The molecule has 0 spiro atoms. The van der Waals surface area contributed by atoms with Crippen molar-refractivity contribution in [3.8, 4) is 0 Å². The Kier molecular flexibility index (Phi) is 2.70. The van der Waals surface area contributed by atoms with E-state index >= 15 is 0 Å². The van der Waals surface area contributed by atoms with Gasteiger partial charge in [0.25, 0.3) is 0 Å². The van der Waals surface area contributed by atoms with Crippen molar-refractivity contribution in [2.75, 3.05) is 11.7 Å². The molecule has 11 heavy (non-hydrogen) atoms. The van der Waals surface area contributed by atoms with Gasteiger partial charge in [-0.15, -0.1) is 0 Å². The molecule has 0 saturated carbocycles. The fourth-order valence-corrected chi connectivity index (χ4v) is 1.10. The van der Waals surface area contributed by atoms with Crippen LogP contribution in [0, 0.1) is 0 Å². The molecule has 0 saturated heterocycles. The summed E-state index contributed by atoms with van der Waals surface area (Å²) in [4.78, 5) is 4.59. The summed E-state index contributed by atoms with van der Waals surface area (Å²) < 4.78 is 10.9. The lowest BCUT2D eigenvalue weighted by Crippen LogP contribution is -2.08. The second-order valence-electron chi connectivity index (χ2n) is 1.98. The predicted octanol–water partition coefficient (Wildman–Crippen LogP) is 0.105. The summed E-state index contributed by atoms with van der Waals surface area (Å²) in [6, 6.07) is 3.40. The highest BCUT2D eigenvalue weighted by atomic mass is 32.2. The van der Waals surface area contributed by atoms with Crippen molar-refractivity contribution in [1.82, 2.24) is 4.98 Å². The molecule has 1 atom stereocenters. The number of nitrogens with two attached hydrogens (primary N) is 1. The van der Waals surface area contributed by atoms with E-state index in [1.807, 2.05) is 0 Å². The van der Waals surface area contributed by atoms with Crippen molar-refractivity contribution in [3.05, 3.63) is 18.3 Å². The van der Waals surface area contributed by atoms with Gasteiger partial charge in [-0.1, -0.05) is 0 Å². The molecule has 0 aliphatic heterocycles. The minimum absolute atomic E-state index is 0.569. The van der Waals surface area contributed by atoms with Gasteiger partial charge in [0.2, 0.25) is 0 Å². The second kappa shape index (κ2) is 3.56. The first-order valence-corrected chi connectivity index (χ1v) is 4.56. The van der Waals surface area contributed by atoms with Crippen molar-refractivity contribution >= 4 is 17.0 Å². The van der Waals surface area contributed by atoms with E-state index in [2.05, 4.69) is 10.4 Å². The molecule has 0 amide bonds. The van der Waals surface area contributed by atoms with Gasteiger partial charge >= 0.3 is 0 Å². The van der Waals surface area contributed by atoms with Crippen LogP contribution in [-0.4, -0.2) is 15.8 Å². The Morgan fingerprint density at radius 2 is 2.36 bits per heavy atom. The summed E-state index contributed by atoms with van der Waals surface area (Å²) in [5.41, 5.74) is 2.38. The van der Waals surface area contributed by atoms with E-state index in [0.29, 0.717) is 10.7 Å². The Morgan fingerprint density at radius 1 is 1.64 bits per heavy atom. The molecule has 3 N–H and O–H groups in total. The van der Waals surface area contributed by atoms with Crippen LogP contribution in [0.1, 0.15) is 0 Å². The number of hydrazine groups is 1. The summed E-state index contributed by atoms with van der Waals surface area (Å²) in [6.45, 7) is 0. The maximum atomic E-state index is 10.9. The molecule has 0 radical (unpaired) electrons. The van der Waals surface area contributed by atoms with Gasteiger partial charge in [0, 0.05) is 0 Å². The number of nitrogen functional groups attached to an aromatic ring is 1. The topological polar surface area (TPSA) is 74.0 Å². The number of nitrogens with one attached hydrogen (secondary N) is 1. The number of nitrogens with zero attached hydrogens (tertiary/aromatic N) is 1. The highest BCUT2D eigenvalue weighted by Crippen LogP contribution is 2.08. The second-order valence-corrected chi connectivity index (χ2v) is 3.36. The molecule has 0 bridgehead atoms. The van der Waals surface area contributed by atoms with Crippen molar-refractivity contribution in [3.63, 3.8) is 0 Å². The van der Waals surface area contributed by atoms with Crippen molar-refractivity contribution in [2.24, 2.45) is 5.84 Å². The van der Waals surface area contributed by atoms with Crippen LogP contribution in [0.5, 0.6) is 0 Å². The number of hydrogen-bond donors (Lipinski definition) is 2. The molecule has 0 aliphatic carbocycles. The van der Waals surface area contributed by atoms with Crippen LogP contribution in [0.4, 0.5) is 5.82 Å². The molecule has 0 aromatic carbocycles. The van der Waals surface area contributed by atoms with Crippen LogP contribution in [-0.2, 0) is 11.2 Å². The van der Waals surface area contributed by atoms with Crippen LogP contribution in [0.2, 0.25) is 0 Å². The normalized spacial score (nSPS) is 12.6. The number of hydrogen-bond acceptors (Lipinski definition) is 4. The molecule has 5 heteroatoms. The third-order valence-corrected chi connectivity index (χ3v) is 2.12. The van der Waals surface area contributed by atoms with E-state index < -0.39 is 11.2 Å². The lowest BCUT2D eigenvalue weighted by molar-refractivity contribution is 0.600. The number of anilines is 1. The van der Waals surface area contributed by atoms with Gasteiger partial charge in [0.15, 0.2) is 4.90 Å². The molecule has 0 aliphatic rings. The molecule has 1 heterocycles. The highest BCUT2D eigenvalue weighted by molar-refractivity contribution is 7.90. The SMILES string of the molecule is C[S+]([O-])c1ccc(NN)nc1. The van der Waals surface area contributed by atoms with Crippen LogP contribution in [0.3, 0.4) is 0 Å². The van der Waals surface area contributed by atoms with E-state index in [-0.39, 0.29) is 0 Å². The van der Waals surface area contributed by atoms with E-state index in [9.17, 15) is 4.55 Å². The molecule has 0 fully saturated rings. The summed E-state index contributed by atoms with van der Waals surface area (Å²) in [6.07, 6.45) is 3.14. The summed E-state index contributed by atoms with van der Waals surface area (Å²) >= 11 is -0.970. The Hall–Kier alpha value is -0.780. The van der Waals surface area contributed by atoms with Gasteiger partial charge in [-0.3, -0.25) is 0 Å². The van der Waals surface area contributed by atoms with Gasteiger partial charge in [0.1, 0.15) is 12.1 Å². The molecule has 60 valence electrons. The van der Waals surface area contributed by atoms with Gasteiger partial charge in [-0.05, 0) is 23.3 Å². The Balaban J connectivity index is 2.83. The molecule has 1 unspecified atom stereocenters. The quantitative estimate of drug-likeness (QED) is 0.376. The standard InChI is InChI=1S/C6H9N3OS/c1-11(10)5-2-3-6(9-7)8-4-5/h2-4H,7H2,1H3,(H,8,9). The summed E-state index contributed by atoms with van der Waals surface area (Å²) in [5.74, 6) is 5.66. The fourth-order valence-electron chi connectivity index (χ4n) is 0.636. The zero-order valence-corrected chi connectivity index (χ0v) is 6.89. The maximum Gasteiger partial charge on any atom is 0.170 e. The van der Waals surface area contributed by atoms with Crippen LogP contribution >= 0.6 is 0 Å². The Morgan fingerprint density at radius 3 is 2.73 bits per heavy atom. The molecule has 1 rings (SSSR count). The monoisotopic (exact) mass is 171 g/mol. The first kappa shape index (κ1) is 8.32. The van der Waals surface area contributed by atoms with Gasteiger partial charge in [-0.25, -0.2) is 10.8 Å². The maximum absolute atomic E-state index is 10.9. The average molecular weight is 171 g/mol. The molecular formula is C6H9N3OS. The lowest BCUT2D eigenvalue weighted by Gasteiger charge is -2.03. The first-order chi connectivity index (χ1) is 5.24. The Bertz CT molecular complexity index is 224. The van der Waals surface area contributed by atoms with E-state index in [1.165, 1.54) is 6.20 Å². The minimum Gasteiger partial charge on any atom is -0.612 e. The summed E-state index contributed by atoms with van der Waals surface area (Å²) in [5, 5.41) is 0. The zero-order valence-electron chi connectivity index (χ0n) is 6.07. The van der Waals surface area contributed by atoms with E-state index in [0.717, 1.165) is 0 Å². The average Bonchev–Trinajstić information content (AvgIpc) is 2.05. The lowest BCUT2D eigenvalue weighted by atomic mass is 10.5. The first-order valence-electron chi connectivity index (χ1n) is 3.00. The Labute approximate surface area is 68.0 Å². The molecule has 1 aromatic rings. The number of aromatic nitrogens is 1. The van der Waals surface area contributed by atoms with Crippen molar-refractivity contribution in [1.29, 1.82) is 0 Å². The van der Waals surface area contributed by atoms with Gasteiger partial charge in [-0.2, -0.15) is 0 Å². The van der Waals surface area contributed by atoms with E-state index in [4.69, 9.17) is 5.84 Å². The molecular weight excluding hydrogens is 162 g/mol. The van der Waals surface area contributed by atoms with E-state index in [1.54, 1.807) is 18.4 Å². The van der Waals surface area contributed by atoms with Crippen LogP contribution in [0.15, 0.2) is 23.2 Å². The molecule has 4 nitrogen and oxygen atoms in total. The minimum atomic E-state index is -0.970. The third kappa shape index (κ3) is 2.07. The zero-order chi connectivity index (χ0) is 8.27. The van der Waals surface area contributed by atoms with Crippen molar-refractivity contribution in [2.45, 2.75) is 4.90 Å². The smallest absolute Gasteiger partial charge is 0.170 e. The molecule has 1 aromatic heterocycles. The van der Waals surface area contributed by atoms with Crippen LogP contribution in [0.25, 0.3) is 0 Å². The number of rotatable bonds is 2. The summed E-state index contributed by atoms with van der Waals surface area (Å²) in [7, 11) is 0. The van der Waals surface area contributed by atoms with Gasteiger partial charge < -0.3 is 9.98 Å². The predicted molar refractivity (Wildman–Crippen MR) is 44.4 cm³/mol. The van der Waals surface area contributed by atoms with Gasteiger partial charge in [0.05, 0.1) is 6.20 Å². The van der Waals surface area contributed by atoms with Crippen molar-refractivity contribution < 1.29 is 4.55 Å². The number of pyridine rings is 1. The third-order valence-electron chi connectivity index (χ3n) is 1.22. The highest BCUT2D eigenvalue weighted by Gasteiger charge is 2.02. The largest absolute Gasteiger partial charge is 0.612 e. The fraction of sp³-hybridized carbons (Fsp3) is 0.167. The van der Waals surface area contributed by atoms with Crippen LogP contribution < -0.4 is 11.3 Å².